The number of nitriles is 1. The van der Waals surface area contributed by atoms with Gasteiger partial charge in [0, 0.05) is 6.54 Å². The fourth-order valence-electron chi connectivity index (χ4n) is 2.13. The summed E-state index contributed by atoms with van der Waals surface area (Å²) in [5, 5.41) is 8.98. The number of halogens is 1. The number of nitrogens with zero attached hydrogens (tertiary/aromatic N) is 1. The predicted octanol–water partition coefficient (Wildman–Crippen LogP) is 2.23. The van der Waals surface area contributed by atoms with Crippen LogP contribution in [-0.4, -0.2) is 22.1 Å². The van der Waals surface area contributed by atoms with E-state index in [1.165, 1.54) is 37.4 Å². The van der Waals surface area contributed by atoms with Gasteiger partial charge in [0.05, 0.1) is 17.6 Å². The Morgan fingerprint density at radius 2 is 2.00 bits per heavy atom. The third-order valence-electron chi connectivity index (χ3n) is 3.23. The molecule has 0 aromatic heterocycles. The van der Waals surface area contributed by atoms with Gasteiger partial charge in [-0.15, -0.1) is 0 Å². The van der Waals surface area contributed by atoms with E-state index in [1.54, 1.807) is 12.1 Å². The number of hydrogen-bond acceptors (Lipinski definition) is 4. The van der Waals surface area contributed by atoms with Crippen molar-refractivity contribution in [2.45, 2.75) is 11.3 Å². The fraction of sp³-hybridized carbons (Fsp3) is 0.188. The van der Waals surface area contributed by atoms with Gasteiger partial charge in [-0.25, -0.2) is 17.5 Å². The maximum atomic E-state index is 13.3. The van der Waals surface area contributed by atoms with Gasteiger partial charge in [0.1, 0.15) is 17.6 Å². The molecule has 0 atom stereocenters. The highest BCUT2D eigenvalue weighted by atomic mass is 32.2. The Morgan fingerprint density at radius 1 is 1.26 bits per heavy atom. The van der Waals surface area contributed by atoms with E-state index in [0.29, 0.717) is 11.3 Å². The number of hydrogen-bond donors (Lipinski definition) is 1. The second kappa shape index (κ2) is 7.22. The van der Waals surface area contributed by atoms with Gasteiger partial charge in [-0.3, -0.25) is 0 Å². The molecule has 0 amide bonds. The van der Waals surface area contributed by atoms with Gasteiger partial charge in [-0.1, -0.05) is 12.1 Å². The second-order valence-electron chi connectivity index (χ2n) is 4.71. The molecule has 0 unspecified atom stereocenters. The van der Waals surface area contributed by atoms with Crippen molar-refractivity contribution in [3.8, 4) is 11.8 Å². The molecule has 0 radical (unpaired) electrons. The maximum absolute atomic E-state index is 13.3. The molecule has 0 saturated heterocycles. The van der Waals surface area contributed by atoms with Crippen molar-refractivity contribution >= 4 is 10.0 Å². The average Bonchev–Trinajstić information content (AvgIpc) is 2.55. The Hall–Kier alpha value is -2.43. The minimum absolute atomic E-state index is 0.0574. The van der Waals surface area contributed by atoms with Crippen LogP contribution in [0.5, 0.6) is 5.75 Å². The van der Waals surface area contributed by atoms with Crippen molar-refractivity contribution in [1.82, 2.24) is 4.72 Å². The highest BCUT2D eigenvalue weighted by Gasteiger charge is 2.17. The van der Waals surface area contributed by atoms with E-state index in [4.69, 9.17) is 10.00 Å². The van der Waals surface area contributed by atoms with Crippen LogP contribution in [-0.2, 0) is 16.4 Å². The van der Waals surface area contributed by atoms with Gasteiger partial charge >= 0.3 is 0 Å². The molecule has 2 aromatic rings. The molecule has 0 aliphatic heterocycles. The highest BCUT2D eigenvalue weighted by Crippen LogP contribution is 2.20. The molecule has 2 rings (SSSR count). The molecule has 120 valence electrons. The normalized spacial score (nSPS) is 11.0. The lowest BCUT2D eigenvalue weighted by Gasteiger charge is -2.10. The number of benzene rings is 2. The summed E-state index contributed by atoms with van der Waals surface area (Å²) in [6.45, 7) is 0.0574. The zero-order valence-corrected chi connectivity index (χ0v) is 13.2. The summed E-state index contributed by atoms with van der Waals surface area (Å²) in [5.41, 5.74) is 0.632. The van der Waals surface area contributed by atoms with Gasteiger partial charge < -0.3 is 4.74 Å². The van der Waals surface area contributed by atoms with E-state index in [0.717, 1.165) is 0 Å². The number of methoxy groups -OCH3 is 1. The van der Waals surface area contributed by atoms with Crippen LogP contribution in [0.25, 0.3) is 0 Å². The number of rotatable bonds is 6. The van der Waals surface area contributed by atoms with Gasteiger partial charge in [0.15, 0.2) is 0 Å². The molecule has 0 aliphatic rings. The Labute approximate surface area is 134 Å². The smallest absolute Gasteiger partial charge is 0.241 e. The van der Waals surface area contributed by atoms with Gasteiger partial charge in [0.2, 0.25) is 10.0 Å². The Bertz CT molecular complexity index is 845. The van der Waals surface area contributed by atoms with Crippen LogP contribution < -0.4 is 9.46 Å². The Balaban J connectivity index is 2.12. The van der Waals surface area contributed by atoms with E-state index in [1.807, 2.05) is 6.07 Å². The van der Waals surface area contributed by atoms with Crippen molar-refractivity contribution in [3.05, 3.63) is 59.4 Å². The van der Waals surface area contributed by atoms with Crippen LogP contribution in [0, 0.1) is 17.1 Å². The average molecular weight is 334 g/mol. The molecule has 2 aromatic carbocycles. The van der Waals surface area contributed by atoms with Crippen molar-refractivity contribution in [2.24, 2.45) is 0 Å². The first-order chi connectivity index (χ1) is 11.0. The lowest BCUT2D eigenvalue weighted by molar-refractivity contribution is 0.408. The first-order valence-corrected chi connectivity index (χ1v) is 8.27. The molecule has 0 spiro atoms. The quantitative estimate of drug-likeness (QED) is 0.878. The molecule has 7 heteroatoms. The summed E-state index contributed by atoms with van der Waals surface area (Å²) in [4.78, 5) is -0.0753. The Kier molecular flexibility index (Phi) is 5.32. The summed E-state index contributed by atoms with van der Waals surface area (Å²) in [6, 6.07) is 11.9. The number of ether oxygens (including phenoxy) is 1. The Morgan fingerprint density at radius 3 is 2.70 bits per heavy atom. The molecular weight excluding hydrogens is 319 g/mol. The third kappa shape index (κ3) is 4.06. The molecule has 0 saturated carbocycles. The lowest BCUT2D eigenvalue weighted by Crippen LogP contribution is -2.26. The first kappa shape index (κ1) is 16.9. The van der Waals surface area contributed by atoms with Crippen LogP contribution >= 0.6 is 0 Å². The molecule has 0 bridgehead atoms. The zero-order chi connectivity index (χ0) is 16.9. The van der Waals surface area contributed by atoms with Crippen LogP contribution in [0.4, 0.5) is 4.39 Å². The molecule has 5 nitrogen and oxygen atoms in total. The summed E-state index contributed by atoms with van der Waals surface area (Å²) in [6.07, 6.45) is 0.259. The molecule has 0 heterocycles. The lowest BCUT2D eigenvalue weighted by atomic mass is 10.1. The monoisotopic (exact) mass is 334 g/mol. The maximum Gasteiger partial charge on any atom is 0.241 e. The predicted molar refractivity (Wildman–Crippen MR) is 83.0 cm³/mol. The molecule has 1 N–H and O–H groups in total. The topological polar surface area (TPSA) is 79.2 Å². The van der Waals surface area contributed by atoms with Gasteiger partial charge in [-0.05, 0) is 42.3 Å². The van der Waals surface area contributed by atoms with Crippen molar-refractivity contribution < 1.29 is 17.5 Å². The van der Waals surface area contributed by atoms with Crippen molar-refractivity contribution in [1.29, 1.82) is 5.26 Å². The number of nitrogens with one attached hydrogen (secondary N) is 1. The van der Waals surface area contributed by atoms with E-state index in [-0.39, 0.29) is 23.4 Å². The molecule has 23 heavy (non-hydrogen) atoms. The van der Waals surface area contributed by atoms with E-state index in [9.17, 15) is 12.8 Å². The van der Waals surface area contributed by atoms with Crippen LogP contribution in [0.15, 0.2) is 47.4 Å². The van der Waals surface area contributed by atoms with E-state index >= 15 is 0 Å². The molecule has 0 aliphatic carbocycles. The second-order valence-corrected chi connectivity index (χ2v) is 6.45. The summed E-state index contributed by atoms with van der Waals surface area (Å²) >= 11 is 0. The summed E-state index contributed by atoms with van der Waals surface area (Å²) in [7, 11) is -2.35. The fourth-order valence-corrected chi connectivity index (χ4v) is 3.32. The summed E-state index contributed by atoms with van der Waals surface area (Å²) in [5.74, 6) is 0.0708. The van der Waals surface area contributed by atoms with Gasteiger partial charge in [-0.2, -0.15) is 5.26 Å². The molecular formula is C16H15FN2O3S. The zero-order valence-electron chi connectivity index (χ0n) is 12.4. The minimum Gasteiger partial charge on any atom is -0.496 e. The standard InChI is InChI=1S/C16H15FN2O3S/c1-22-15-7-6-14(17)10-12(15)8-9-19-23(20,21)16-5-3-2-4-13(16)11-18/h2-7,10,19H,8-9H2,1H3. The highest BCUT2D eigenvalue weighted by molar-refractivity contribution is 7.89. The van der Waals surface area contributed by atoms with Crippen molar-refractivity contribution in [3.63, 3.8) is 0 Å². The molecule has 0 fully saturated rings. The van der Waals surface area contributed by atoms with Crippen LogP contribution in [0.3, 0.4) is 0 Å². The SMILES string of the molecule is COc1ccc(F)cc1CCNS(=O)(=O)c1ccccc1C#N. The first-order valence-electron chi connectivity index (χ1n) is 6.79. The third-order valence-corrected chi connectivity index (χ3v) is 4.75. The van der Waals surface area contributed by atoms with Crippen LogP contribution in [0.2, 0.25) is 0 Å². The minimum atomic E-state index is -3.81. The van der Waals surface area contributed by atoms with Gasteiger partial charge in [0.25, 0.3) is 0 Å². The largest absolute Gasteiger partial charge is 0.496 e. The van der Waals surface area contributed by atoms with E-state index < -0.39 is 15.8 Å². The van der Waals surface area contributed by atoms with Crippen LogP contribution in [0.1, 0.15) is 11.1 Å². The van der Waals surface area contributed by atoms with E-state index in [2.05, 4.69) is 4.72 Å². The number of sulfonamides is 1. The summed E-state index contributed by atoms with van der Waals surface area (Å²) < 4.78 is 45.3. The van der Waals surface area contributed by atoms with Crippen molar-refractivity contribution in [2.75, 3.05) is 13.7 Å².